The molecule has 0 unspecified atom stereocenters. The largest absolute Gasteiger partial charge is 0.334 e. The van der Waals surface area contributed by atoms with Gasteiger partial charge in [-0.05, 0) is 60.4 Å². The number of aromatic nitrogens is 3. The van der Waals surface area contributed by atoms with Crippen LogP contribution in [0.2, 0.25) is 0 Å². The molecule has 0 atom stereocenters. The molecule has 0 N–H and O–H groups in total. The summed E-state index contributed by atoms with van der Waals surface area (Å²) >= 11 is 0. The molecule has 2 aromatic heterocycles. The summed E-state index contributed by atoms with van der Waals surface area (Å²) in [5.74, 6) is 1.10. The minimum Gasteiger partial charge on any atom is -0.334 e. The highest BCUT2D eigenvalue weighted by Gasteiger charge is 2.29. The Hall–Kier alpha value is -3.01. The zero-order valence-electron chi connectivity index (χ0n) is 17.6. The summed E-state index contributed by atoms with van der Waals surface area (Å²) in [6.07, 6.45) is 9.21. The standard InChI is InChI=1S/C25H27N3O/c1-5-22-17(2)21(10-13-25(22,3)4)16-18-6-8-19(9-7-18)23-27-24(29-28-23)20-11-14-26-15-12-20/h6-9,11-12,14-16H,5,10,13H2,1-4H3/b21-16+. The van der Waals surface area contributed by atoms with Crippen LogP contribution in [-0.4, -0.2) is 15.1 Å². The van der Waals surface area contributed by atoms with E-state index in [4.69, 9.17) is 4.52 Å². The molecule has 2 heterocycles. The summed E-state index contributed by atoms with van der Waals surface area (Å²) in [5, 5.41) is 4.13. The van der Waals surface area contributed by atoms with Gasteiger partial charge in [0.1, 0.15) is 0 Å². The van der Waals surface area contributed by atoms with Crippen molar-refractivity contribution in [3.63, 3.8) is 0 Å². The van der Waals surface area contributed by atoms with E-state index in [0.717, 1.165) is 24.0 Å². The highest BCUT2D eigenvalue weighted by Crippen LogP contribution is 2.44. The Morgan fingerprint density at radius 1 is 1.03 bits per heavy atom. The van der Waals surface area contributed by atoms with Gasteiger partial charge in [0.25, 0.3) is 5.89 Å². The van der Waals surface area contributed by atoms with Gasteiger partial charge < -0.3 is 4.52 Å². The molecule has 0 saturated carbocycles. The number of benzene rings is 1. The lowest BCUT2D eigenvalue weighted by Gasteiger charge is -2.35. The molecule has 4 rings (SSSR count). The van der Waals surface area contributed by atoms with Crippen LogP contribution < -0.4 is 0 Å². The normalized spacial score (nSPS) is 17.7. The van der Waals surface area contributed by atoms with E-state index in [-0.39, 0.29) is 0 Å². The first-order valence-electron chi connectivity index (χ1n) is 10.2. The second-order valence-electron chi connectivity index (χ2n) is 8.29. The predicted molar refractivity (Wildman–Crippen MR) is 117 cm³/mol. The Bertz CT molecular complexity index is 1060. The third-order valence-corrected chi connectivity index (χ3v) is 5.99. The van der Waals surface area contributed by atoms with Crippen LogP contribution in [-0.2, 0) is 0 Å². The second-order valence-corrected chi connectivity index (χ2v) is 8.29. The summed E-state index contributed by atoms with van der Waals surface area (Å²) in [6.45, 7) is 9.28. The van der Waals surface area contributed by atoms with Crippen molar-refractivity contribution in [1.82, 2.24) is 15.1 Å². The van der Waals surface area contributed by atoms with Crippen LogP contribution in [0.3, 0.4) is 0 Å². The smallest absolute Gasteiger partial charge is 0.258 e. The van der Waals surface area contributed by atoms with E-state index in [9.17, 15) is 0 Å². The number of hydrogen-bond acceptors (Lipinski definition) is 4. The molecular formula is C25H27N3O. The first-order chi connectivity index (χ1) is 14.0. The minimum absolute atomic E-state index is 0.311. The van der Waals surface area contributed by atoms with Crippen LogP contribution in [0.15, 0.2) is 70.0 Å². The van der Waals surface area contributed by atoms with Gasteiger partial charge in [-0.15, -0.1) is 0 Å². The second kappa shape index (κ2) is 7.78. The number of rotatable bonds is 4. The summed E-state index contributed by atoms with van der Waals surface area (Å²) in [6, 6.07) is 12.1. The first-order valence-corrected chi connectivity index (χ1v) is 10.2. The van der Waals surface area contributed by atoms with Gasteiger partial charge in [0, 0.05) is 23.5 Å². The maximum atomic E-state index is 5.41. The molecule has 0 fully saturated rings. The molecule has 148 valence electrons. The van der Waals surface area contributed by atoms with Gasteiger partial charge in [0.15, 0.2) is 0 Å². The van der Waals surface area contributed by atoms with Crippen molar-refractivity contribution in [2.45, 2.75) is 47.0 Å². The van der Waals surface area contributed by atoms with Crippen molar-refractivity contribution >= 4 is 6.08 Å². The van der Waals surface area contributed by atoms with E-state index >= 15 is 0 Å². The third kappa shape index (κ3) is 3.93. The first kappa shape index (κ1) is 19.3. The summed E-state index contributed by atoms with van der Waals surface area (Å²) < 4.78 is 5.41. The fourth-order valence-corrected chi connectivity index (χ4v) is 4.29. The van der Waals surface area contributed by atoms with E-state index in [0.29, 0.717) is 17.1 Å². The van der Waals surface area contributed by atoms with Crippen LogP contribution in [0.5, 0.6) is 0 Å². The van der Waals surface area contributed by atoms with Gasteiger partial charge in [0.05, 0.1) is 0 Å². The Labute approximate surface area is 172 Å². The topological polar surface area (TPSA) is 51.8 Å². The number of pyridine rings is 1. The Kier molecular flexibility index (Phi) is 5.18. The molecule has 0 saturated heterocycles. The average Bonchev–Trinajstić information content (AvgIpc) is 3.22. The third-order valence-electron chi connectivity index (χ3n) is 5.99. The van der Waals surface area contributed by atoms with E-state index in [1.807, 2.05) is 12.1 Å². The molecule has 0 spiro atoms. The van der Waals surface area contributed by atoms with E-state index in [1.54, 1.807) is 18.0 Å². The molecule has 1 aliphatic carbocycles. The maximum absolute atomic E-state index is 5.41. The van der Waals surface area contributed by atoms with Gasteiger partial charge in [-0.2, -0.15) is 4.98 Å². The zero-order chi connectivity index (χ0) is 20.4. The van der Waals surface area contributed by atoms with Crippen molar-refractivity contribution < 1.29 is 4.52 Å². The molecule has 0 radical (unpaired) electrons. The molecule has 4 heteroatoms. The van der Waals surface area contributed by atoms with Gasteiger partial charge in [-0.3, -0.25) is 4.98 Å². The van der Waals surface area contributed by atoms with Gasteiger partial charge >= 0.3 is 0 Å². The SMILES string of the molecule is CCC1=C(C)/C(=C/c2ccc(-c3noc(-c4ccncc4)n3)cc2)CCC1(C)C. The average molecular weight is 386 g/mol. The molecule has 0 amide bonds. The van der Waals surface area contributed by atoms with Crippen LogP contribution >= 0.6 is 0 Å². The number of nitrogens with zero attached hydrogens (tertiary/aromatic N) is 3. The van der Waals surface area contributed by atoms with Crippen molar-refractivity contribution in [3.8, 4) is 22.8 Å². The highest BCUT2D eigenvalue weighted by molar-refractivity contribution is 5.65. The molecule has 29 heavy (non-hydrogen) atoms. The molecule has 0 bridgehead atoms. The lowest BCUT2D eigenvalue weighted by molar-refractivity contribution is 0.381. The van der Waals surface area contributed by atoms with Crippen LogP contribution in [0.4, 0.5) is 0 Å². The Balaban J connectivity index is 1.58. The monoisotopic (exact) mass is 385 g/mol. The van der Waals surface area contributed by atoms with Gasteiger partial charge in [-0.25, -0.2) is 0 Å². The fraction of sp³-hybridized carbons (Fsp3) is 0.320. The summed E-state index contributed by atoms with van der Waals surface area (Å²) in [4.78, 5) is 8.53. The maximum Gasteiger partial charge on any atom is 0.258 e. The molecule has 1 aliphatic rings. The van der Waals surface area contributed by atoms with Crippen molar-refractivity contribution in [2.24, 2.45) is 5.41 Å². The van der Waals surface area contributed by atoms with Gasteiger partial charge in [-0.1, -0.05) is 61.8 Å². The Morgan fingerprint density at radius 2 is 1.76 bits per heavy atom. The zero-order valence-corrected chi connectivity index (χ0v) is 17.6. The van der Waals surface area contributed by atoms with E-state index < -0.39 is 0 Å². The van der Waals surface area contributed by atoms with E-state index in [2.05, 4.69) is 73.2 Å². The van der Waals surface area contributed by atoms with Crippen molar-refractivity contribution in [3.05, 3.63) is 71.1 Å². The lowest BCUT2D eigenvalue weighted by Crippen LogP contribution is -2.21. The molecular weight excluding hydrogens is 358 g/mol. The number of allylic oxidation sites excluding steroid dienone is 3. The van der Waals surface area contributed by atoms with Crippen LogP contribution in [0, 0.1) is 5.41 Å². The highest BCUT2D eigenvalue weighted by atomic mass is 16.5. The predicted octanol–water partition coefficient (Wildman–Crippen LogP) is 6.73. The minimum atomic E-state index is 0.311. The summed E-state index contributed by atoms with van der Waals surface area (Å²) in [7, 11) is 0. The van der Waals surface area contributed by atoms with Crippen LogP contribution in [0.25, 0.3) is 28.9 Å². The summed E-state index contributed by atoms with van der Waals surface area (Å²) in [5.41, 5.74) is 7.84. The number of hydrogen-bond donors (Lipinski definition) is 0. The lowest BCUT2D eigenvalue weighted by atomic mass is 9.70. The molecule has 3 aromatic rings. The van der Waals surface area contributed by atoms with Gasteiger partial charge in [0.2, 0.25) is 5.82 Å². The molecule has 0 aliphatic heterocycles. The quantitative estimate of drug-likeness (QED) is 0.500. The van der Waals surface area contributed by atoms with Crippen LogP contribution in [0.1, 0.15) is 52.5 Å². The van der Waals surface area contributed by atoms with Crippen molar-refractivity contribution in [2.75, 3.05) is 0 Å². The molecule has 4 nitrogen and oxygen atoms in total. The van der Waals surface area contributed by atoms with E-state index in [1.165, 1.54) is 23.1 Å². The van der Waals surface area contributed by atoms with Crippen molar-refractivity contribution in [1.29, 1.82) is 0 Å². The Morgan fingerprint density at radius 3 is 2.45 bits per heavy atom. The molecule has 1 aromatic carbocycles. The fourth-order valence-electron chi connectivity index (χ4n) is 4.29.